The number of carbonyl (C=O) groups is 2. The zero-order valence-corrected chi connectivity index (χ0v) is 43.8. The Kier molecular flexibility index (Phi) is 38.5. The van der Waals surface area contributed by atoms with Gasteiger partial charge >= 0.3 is 11.9 Å². The van der Waals surface area contributed by atoms with Crippen molar-refractivity contribution in [2.75, 3.05) is 46.2 Å². The maximum Gasteiger partial charge on any atom is 0.305 e. The fourth-order valence-electron chi connectivity index (χ4n) is 8.59. The molecule has 0 aromatic heterocycles. The number of esters is 2. The third kappa shape index (κ3) is 35.8. The van der Waals surface area contributed by atoms with E-state index in [4.69, 9.17) is 28.4 Å². The molecule has 0 spiro atoms. The topological polar surface area (TPSA) is 89.5 Å². The zero-order chi connectivity index (χ0) is 47.7. The van der Waals surface area contributed by atoms with E-state index in [0.717, 1.165) is 76.2 Å². The second-order valence-corrected chi connectivity index (χ2v) is 20.2. The Balaban J connectivity index is 2.45. The van der Waals surface area contributed by atoms with E-state index in [9.17, 15) is 9.59 Å². The van der Waals surface area contributed by atoms with Crippen molar-refractivity contribution < 1.29 is 38.0 Å². The van der Waals surface area contributed by atoms with Crippen LogP contribution in [0.1, 0.15) is 247 Å². The minimum atomic E-state index is -0.403. The molecule has 8 nitrogen and oxygen atoms in total. The van der Waals surface area contributed by atoms with Crippen molar-refractivity contribution in [3.05, 3.63) is 35.9 Å². The Labute approximate surface area is 401 Å². The number of unbranched alkanes of at least 4 members (excludes halogenated alkanes) is 16. The molecule has 2 unspecified atom stereocenters. The molecule has 8 heteroatoms. The first kappa shape index (κ1) is 61.0. The number of hydrogen-bond acceptors (Lipinski definition) is 8. The first-order valence-electron chi connectivity index (χ1n) is 27.3. The highest BCUT2D eigenvalue weighted by atomic mass is 16.6. The van der Waals surface area contributed by atoms with Crippen molar-refractivity contribution in [1.29, 1.82) is 0 Å². The van der Waals surface area contributed by atoms with Gasteiger partial charge in [-0.3, -0.25) is 9.59 Å². The maximum atomic E-state index is 12.5. The average Bonchev–Trinajstić information content (AvgIpc) is 3.29. The van der Waals surface area contributed by atoms with Crippen LogP contribution in [0.15, 0.2) is 30.3 Å². The lowest BCUT2D eigenvalue weighted by molar-refractivity contribution is -0.146. The second-order valence-electron chi connectivity index (χ2n) is 20.2. The van der Waals surface area contributed by atoms with Gasteiger partial charge < -0.3 is 28.4 Å². The zero-order valence-electron chi connectivity index (χ0n) is 43.8. The van der Waals surface area contributed by atoms with Crippen LogP contribution in [0.3, 0.4) is 0 Å². The van der Waals surface area contributed by atoms with Gasteiger partial charge in [0.05, 0.1) is 50.3 Å². The Hall–Kier alpha value is -2.00. The summed E-state index contributed by atoms with van der Waals surface area (Å²) >= 11 is 0. The number of ether oxygens (including phenoxy) is 6. The molecule has 380 valence electrons. The number of rotatable bonds is 47. The molecule has 0 radical (unpaired) electrons. The predicted molar refractivity (Wildman–Crippen MR) is 271 cm³/mol. The summed E-state index contributed by atoms with van der Waals surface area (Å²) in [6, 6.07) is 10.3. The first-order valence-corrected chi connectivity index (χ1v) is 27.3. The van der Waals surface area contributed by atoms with Crippen LogP contribution in [0.5, 0.6) is 0 Å². The van der Waals surface area contributed by atoms with E-state index >= 15 is 0 Å². The molecular formula is C57H104O8. The van der Waals surface area contributed by atoms with E-state index in [1.54, 1.807) is 0 Å². The van der Waals surface area contributed by atoms with Crippen LogP contribution < -0.4 is 0 Å². The van der Waals surface area contributed by atoms with Crippen molar-refractivity contribution in [2.45, 2.75) is 259 Å². The van der Waals surface area contributed by atoms with Gasteiger partial charge in [0.1, 0.15) is 0 Å². The lowest BCUT2D eigenvalue weighted by Gasteiger charge is -2.31. The molecule has 0 aliphatic heterocycles. The summed E-state index contributed by atoms with van der Waals surface area (Å²) in [5.41, 5.74) is 0.357. The summed E-state index contributed by atoms with van der Waals surface area (Å²) in [4.78, 5) is 25.0. The van der Waals surface area contributed by atoms with Gasteiger partial charge in [-0.15, -0.1) is 0 Å². The predicted octanol–water partition coefficient (Wildman–Crippen LogP) is 15.8. The fraction of sp³-hybridized carbons (Fsp3) is 0.860. The molecule has 0 heterocycles. The highest BCUT2D eigenvalue weighted by Gasteiger charge is 2.26. The number of hydrogen-bond donors (Lipinski definition) is 0. The molecule has 2 atom stereocenters. The molecule has 0 fully saturated rings. The van der Waals surface area contributed by atoms with Gasteiger partial charge in [0.2, 0.25) is 0 Å². The van der Waals surface area contributed by atoms with Crippen molar-refractivity contribution in [1.82, 2.24) is 0 Å². The lowest BCUT2D eigenvalue weighted by atomic mass is 9.96. The summed E-state index contributed by atoms with van der Waals surface area (Å²) in [5, 5.41) is 0. The minimum Gasteiger partial charge on any atom is -0.465 e. The van der Waals surface area contributed by atoms with Crippen LogP contribution in [-0.2, 0) is 43.6 Å². The van der Waals surface area contributed by atoms with Crippen LogP contribution >= 0.6 is 0 Å². The SMILES string of the molecule is CCCCCCC(CCCC)COC(=O)CCCCCCCOCC(CC(C)(C)OCCOC(C)(C)c1ccccc1)OCCCCCCCC(=O)OCC(CCCCC)CCCCC. The van der Waals surface area contributed by atoms with Gasteiger partial charge in [-0.05, 0) is 96.5 Å². The standard InChI is InChI=1S/C57H104O8/c1-9-13-17-27-37-50(34-16-12-4)47-62-54(58)40-30-20-18-22-32-42-60-49-53(46-56(5,6)64-44-45-65-57(7,8)52-38-28-24-29-39-52)61-43-33-23-19-21-31-41-55(59)63-48-51(35-25-14-10-2)36-26-15-11-3/h24,28-29,38-39,50-51,53H,9-23,25-27,30-37,40-49H2,1-8H3. The maximum absolute atomic E-state index is 12.5. The molecule has 1 aromatic rings. The summed E-state index contributed by atoms with van der Waals surface area (Å²) in [5.74, 6) is 0.962. The third-order valence-electron chi connectivity index (χ3n) is 12.9. The first-order chi connectivity index (χ1) is 31.5. The largest absolute Gasteiger partial charge is 0.465 e. The lowest BCUT2D eigenvalue weighted by Crippen LogP contribution is -2.35. The third-order valence-corrected chi connectivity index (χ3v) is 12.9. The molecule has 0 amide bonds. The fourth-order valence-corrected chi connectivity index (χ4v) is 8.59. The Morgan fingerprint density at radius 2 is 0.923 bits per heavy atom. The molecule has 65 heavy (non-hydrogen) atoms. The van der Waals surface area contributed by atoms with Crippen LogP contribution in [-0.4, -0.2) is 69.9 Å². The average molecular weight is 917 g/mol. The highest BCUT2D eigenvalue weighted by Crippen LogP contribution is 2.26. The highest BCUT2D eigenvalue weighted by molar-refractivity contribution is 5.69. The summed E-state index contributed by atoms with van der Waals surface area (Å²) < 4.78 is 36.8. The van der Waals surface area contributed by atoms with Crippen LogP contribution in [0, 0.1) is 11.8 Å². The number of benzene rings is 1. The molecule has 0 saturated heterocycles. The smallest absolute Gasteiger partial charge is 0.305 e. The van der Waals surface area contributed by atoms with Crippen LogP contribution in [0.25, 0.3) is 0 Å². The van der Waals surface area contributed by atoms with Gasteiger partial charge in [-0.1, -0.05) is 174 Å². The Bertz CT molecular complexity index is 1210. The van der Waals surface area contributed by atoms with Gasteiger partial charge in [0, 0.05) is 32.5 Å². The molecule has 0 N–H and O–H groups in total. The van der Waals surface area contributed by atoms with E-state index in [1.807, 2.05) is 18.2 Å². The van der Waals surface area contributed by atoms with Gasteiger partial charge in [0.25, 0.3) is 0 Å². The normalized spacial score (nSPS) is 13.1. The van der Waals surface area contributed by atoms with Crippen LogP contribution in [0.4, 0.5) is 0 Å². The Morgan fingerprint density at radius 1 is 0.477 bits per heavy atom. The minimum absolute atomic E-state index is 0.0310. The van der Waals surface area contributed by atoms with Crippen molar-refractivity contribution >= 4 is 11.9 Å². The molecule has 0 bridgehead atoms. The summed E-state index contributed by atoms with van der Waals surface area (Å²) in [6.45, 7) is 21.5. The molecule has 1 aromatic carbocycles. The Morgan fingerprint density at radius 3 is 1.48 bits per heavy atom. The van der Waals surface area contributed by atoms with E-state index < -0.39 is 11.2 Å². The van der Waals surface area contributed by atoms with Crippen molar-refractivity contribution in [3.8, 4) is 0 Å². The molecule has 0 aliphatic rings. The quantitative estimate of drug-likeness (QED) is 0.0472. The summed E-state index contributed by atoms with van der Waals surface area (Å²) in [6.07, 6.45) is 31.5. The van der Waals surface area contributed by atoms with E-state index in [1.165, 1.54) is 103 Å². The van der Waals surface area contributed by atoms with E-state index in [2.05, 4.69) is 67.5 Å². The number of carbonyl (C=O) groups excluding carboxylic acids is 2. The van der Waals surface area contributed by atoms with Gasteiger partial charge in [0.15, 0.2) is 0 Å². The molecule has 1 rings (SSSR count). The van der Waals surface area contributed by atoms with Crippen molar-refractivity contribution in [2.24, 2.45) is 11.8 Å². The van der Waals surface area contributed by atoms with E-state index in [-0.39, 0.29) is 18.0 Å². The molecule has 0 aliphatic carbocycles. The molecular weight excluding hydrogens is 813 g/mol. The second kappa shape index (κ2) is 41.0. The van der Waals surface area contributed by atoms with E-state index in [0.29, 0.717) is 70.9 Å². The van der Waals surface area contributed by atoms with Crippen molar-refractivity contribution in [3.63, 3.8) is 0 Å². The van der Waals surface area contributed by atoms with Crippen LogP contribution in [0.2, 0.25) is 0 Å². The van der Waals surface area contributed by atoms with Gasteiger partial charge in [-0.2, -0.15) is 0 Å². The monoisotopic (exact) mass is 917 g/mol. The van der Waals surface area contributed by atoms with Gasteiger partial charge in [-0.25, -0.2) is 0 Å². The summed E-state index contributed by atoms with van der Waals surface area (Å²) in [7, 11) is 0. The molecule has 0 saturated carbocycles.